The van der Waals surface area contributed by atoms with Gasteiger partial charge in [0.15, 0.2) is 5.75 Å². The molecule has 0 aromatic heterocycles. The number of ether oxygens (including phenoxy) is 1. The van der Waals surface area contributed by atoms with Crippen LogP contribution in [0.15, 0.2) is 36.4 Å². The van der Waals surface area contributed by atoms with Crippen LogP contribution in [0.1, 0.15) is 0 Å². The third-order valence-corrected chi connectivity index (χ3v) is 3.40. The molecule has 1 atom stereocenters. The molecule has 0 radical (unpaired) electrons. The fourth-order valence-corrected chi connectivity index (χ4v) is 2.20. The maximum atomic E-state index is 12.2. The van der Waals surface area contributed by atoms with Crippen LogP contribution in [0, 0.1) is 20.2 Å². The summed E-state index contributed by atoms with van der Waals surface area (Å²) in [6.07, 6.45) is -1.17. The predicted octanol–water partition coefficient (Wildman–Crippen LogP) is 1.98. The van der Waals surface area contributed by atoms with E-state index in [2.05, 4.69) is 10.6 Å². The highest BCUT2D eigenvalue weighted by Crippen LogP contribution is 2.35. The molecule has 11 heteroatoms. The number of nitrogens with one attached hydrogen (secondary N) is 2. The maximum absolute atomic E-state index is 12.2. The first-order valence-electron chi connectivity index (χ1n) is 6.85. The normalized spacial score (nSPS) is 14.8. The number of amides is 1. The number of carbonyl (C=O) groups excluding carboxylic acids is 1. The number of aromatic hydroxyl groups is 1. The van der Waals surface area contributed by atoms with Gasteiger partial charge in [-0.2, -0.15) is 0 Å². The number of carbonyl (C=O) groups is 1. The zero-order chi connectivity index (χ0) is 18.1. The van der Waals surface area contributed by atoms with Crippen LogP contribution in [0.25, 0.3) is 0 Å². The lowest BCUT2D eigenvalue weighted by Gasteiger charge is -2.12. The van der Waals surface area contributed by atoms with Gasteiger partial charge in [0.25, 0.3) is 17.3 Å². The molecule has 0 bridgehead atoms. The Bertz CT molecular complexity index is 899. The second kappa shape index (κ2) is 5.96. The minimum absolute atomic E-state index is 0.0389. The van der Waals surface area contributed by atoms with Crippen molar-refractivity contribution in [3.8, 4) is 11.5 Å². The number of hydrogen-bond donors (Lipinski definition) is 3. The molecule has 3 N–H and O–H groups in total. The van der Waals surface area contributed by atoms with Crippen molar-refractivity contribution < 1.29 is 24.5 Å². The highest BCUT2D eigenvalue weighted by molar-refractivity contribution is 5.98. The Balaban J connectivity index is 1.73. The standard InChI is InChI=1S/C14H10N4O7/c19-11-5-7(17(21)22)1-3-9(11)15-13(20)14-16-10-4-2-8(18(23)24)6-12(10)25-14/h1-6,14,16,19H,(H,15,20). The summed E-state index contributed by atoms with van der Waals surface area (Å²) < 4.78 is 5.32. The van der Waals surface area contributed by atoms with Crippen molar-refractivity contribution in [2.75, 3.05) is 10.6 Å². The smallest absolute Gasteiger partial charge is 0.286 e. The lowest BCUT2D eigenvalue weighted by Crippen LogP contribution is -2.35. The van der Waals surface area contributed by atoms with Crippen LogP contribution >= 0.6 is 0 Å². The van der Waals surface area contributed by atoms with Crippen molar-refractivity contribution in [1.29, 1.82) is 0 Å². The van der Waals surface area contributed by atoms with Gasteiger partial charge in [-0.05, 0) is 12.1 Å². The highest BCUT2D eigenvalue weighted by atomic mass is 16.6. The zero-order valence-electron chi connectivity index (χ0n) is 12.3. The summed E-state index contributed by atoms with van der Waals surface area (Å²) in [6, 6.07) is 7.05. The van der Waals surface area contributed by atoms with E-state index < -0.39 is 27.7 Å². The van der Waals surface area contributed by atoms with Gasteiger partial charge in [0.1, 0.15) is 5.75 Å². The summed E-state index contributed by atoms with van der Waals surface area (Å²) in [5.41, 5.74) is -0.151. The molecule has 0 aliphatic carbocycles. The monoisotopic (exact) mass is 346 g/mol. The largest absolute Gasteiger partial charge is 0.506 e. The van der Waals surface area contributed by atoms with E-state index in [4.69, 9.17) is 4.74 Å². The van der Waals surface area contributed by atoms with Crippen LogP contribution in [0.5, 0.6) is 11.5 Å². The van der Waals surface area contributed by atoms with Crippen LogP contribution < -0.4 is 15.4 Å². The average molecular weight is 346 g/mol. The molecule has 1 heterocycles. The van der Waals surface area contributed by atoms with Gasteiger partial charge in [-0.3, -0.25) is 25.0 Å². The summed E-state index contributed by atoms with van der Waals surface area (Å²) >= 11 is 0. The van der Waals surface area contributed by atoms with E-state index in [1.807, 2.05) is 0 Å². The van der Waals surface area contributed by atoms with Gasteiger partial charge in [-0.25, -0.2) is 0 Å². The Morgan fingerprint density at radius 1 is 1.12 bits per heavy atom. The quantitative estimate of drug-likeness (QED) is 0.431. The minimum atomic E-state index is -1.17. The number of hydrogen-bond acceptors (Lipinski definition) is 8. The van der Waals surface area contributed by atoms with E-state index in [1.165, 1.54) is 24.3 Å². The number of fused-ring (bicyclic) bond motifs is 1. The molecule has 0 saturated carbocycles. The Hall–Kier alpha value is -3.89. The molecular formula is C14H10N4O7. The van der Waals surface area contributed by atoms with Crippen molar-refractivity contribution in [3.63, 3.8) is 0 Å². The van der Waals surface area contributed by atoms with E-state index in [-0.39, 0.29) is 22.8 Å². The third-order valence-electron chi connectivity index (χ3n) is 3.40. The van der Waals surface area contributed by atoms with Gasteiger partial charge in [0.05, 0.1) is 33.4 Å². The van der Waals surface area contributed by atoms with Gasteiger partial charge in [0, 0.05) is 12.1 Å². The lowest BCUT2D eigenvalue weighted by molar-refractivity contribution is -0.385. The number of nitrogens with zero attached hydrogens (tertiary/aromatic N) is 2. The van der Waals surface area contributed by atoms with Crippen molar-refractivity contribution in [3.05, 3.63) is 56.6 Å². The Kier molecular flexibility index (Phi) is 3.81. The topological polar surface area (TPSA) is 157 Å². The number of phenolic OH excluding ortho intramolecular Hbond substituents is 1. The molecule has 0 fully saturated rings. The summed E-state index contributed by atoms with van der Waals surface area (Å²) in [5.74, 6) is -1.03. The first-order valence-corrected chi connectivity index (χ1v) is 6.85. The molecule has 1 unspecified atom stereocenters. The number of benzene rings is 2. The lowest BCUT2D eigenvalue weighted by atomic mass is 10.2. The second-order valence-electron chi connectivity index (χ2n) is 5.03. The second-order valence-corrected chi connectivity index (χ2v) is 5.03. The molecule has 11 nitrogen and oxygen atoms in total. The molecule has 2 aromatic carbocycles. The number of nitro benzene ring substituents is 2. The van der Waals surface area contributed by atoms with E-state index in [1.54, 1.807) is 0 Å². The van der Waals surface area contributed by atoms with Crippen molar-refractivity contribution in [2.24, 2.45) is 0 Å². The summed E-state index contributed by atoms with van der Waals surface area (Å²) in [7, 11) is 0. The first kappa shape index (κ1) is 16.0. The van der Waals surface area contributed by atoms with Crippen LogP contribution in [0.2, 0.25) is 0 Å². The first-order chi connectivity index (χ1) is 11.8. The summed E-state index contributed by atoms with van der Waals surface area (Å²) in [5, 5.41) is 36.2. The number of non-ortho nitro benzene ring substituents is 2. The van der Waals surface area contributed by atoms with Crippen LogP contribution in [-0.4, -0.2) is 27.1 Å². The van der Waals surface area contributed by atoms with E-state index in [0.717, 1.165) is 12.1 Å². The van der Waals surface area contributed by atoms with Crippen molar-refractivity contribution in [1.82, 2.24) is 0 Å². The average Bonchev–Trinajstić information content (AvgIpc) is 2.99. The van der Waals surface area contributed by atoms with Crippen LogP contribution in [0.3, 0.4) is 0 Å². The molecule has 2 aromatic rings. The fourth-order valence-electron chi connectivity index (χ4n) is 2.20. The molecular weight excluding hydrogens is 336 g/mol. The van der Waals surface area contributed by atoms with Crippen molar-refractivity contribution >= 4 is 28.7 Å². The molecule has 1 aliphatic heterocycles. The SMILES string of the molecule is O=C(Nc1ccc([N+](=O)[O-])cc1O)C1Nc2ccc([N+](=O)[O-])cc2O1. The molecule has 0 spiro atoms. The Morgan fingerprint density at radius 2 is 1.76 bits per heavy atom. The molecule has 3 rings (SSSR count). The van der Waals surface area contributed by atoms with Crippen LogP contribution in [0.4, 0.5) is 22.7 Å². The van der Waals surface area contributed by atoms with Gasteiger partial charge in [-0.15, -0.1) is 0 Å². The predicted molar refractivity (Wildman–Crippen MR) is 84.5 cm³/mol. The third kappa shape index (κ3) is 3.10. The molecule has 128 valence electrons. The van der Waals surface area contributed by atoms with Crippen molar-refractivity contribution in [2.45, 2.75) is 6.23 Å². The molecule has 1 aliphatic rings. The Labute approximate surface area is 139 Å². The van der Waals surface area contributed by atoms with E-state index in [9.17, 15) is 30.1 Å². The number of anilines is 2. The van der Waals surface area contributed by atoms with Crippen LogP contribution in [-0.2, 0) is 4.79 Å². The minimum Gasteiger partial charge on any atom is -0.506 e. The Morgan fingerprint density at radius 3 is 2.40 bits per heavy atom. The number of nitro groups is 2. The number of rotatable bonds is 4. The maximum Gasteiger partial charge on any atom is 0.286 e. The summed E-state index contributed by atoms with van der Waals surface area (Å²) in [4.78, 5) is 32.3. The van der Waals surface area contributed by atoms with Gasteiger partial charge < -0.3 is 20.5 Å². The van der Waals surface area contributed by atoms with E-state index in [0.29, 0.717) is 5.69 Å². The zero-order valence-corrected chi connectivity index (χ0v) is 12.3. The number of phenols is 1. The molecule has 1 amide bonds. The van der Waals surface area contributed by atoms with E-state index >= 15 is 0 Å². The molecule has 0 saturated heterocycles. The van der Waals surface area contributed by atoms with Gasteiger partial charge >= 0.3 is 0 Å². The van der Waals surface area contributed by atoms with Gasteiger partial charge in [-0.1, -0.05) is 0 Å². The highest BCUT2D eigenvalue weighted by Gasteiger charge is 2.30. The fraction of sp³-hybridized carbons (Fsp3) is 0.0714. The summed E-state index contributed by atoms with van der Waals surface area (Å²) in [6.45, 7) is 0. The van der Waals surface area contributed by atoms with Gasteiger partial charge in [0.2, 0.25) is 6.23 Å². The molecule has 25 heavy (non-hydrogen) atoms.